The SMILES string of the molecule is CCNc1ncc(C)c(NCc2cccc(Br)c2)n1. The van der Waals surface area contributed by atoms with Gasteiger partial charge in [-0.05, 0) is 31.5 Å². The van der Waals surface area contributed by atoms with Gasteiger partial charge in [-0.15, -0.1) is 0 Å². The molecular weight excluding hydrogens is 304 g/mol. The van der Waals surface area contributed by atoms with Crippen molar-refractivity contribution in [1.29, 1.82) is 0 Å². The normalized spacial score (nSPS) is 10.3. The number of aromatic nitrogens is 2. The number of hydrogen-bond donors (Lipinski definition) is 2. The molecule has 0 saturated carbocycles. The molecule has 2 aromatic rings. The zero-order valence-electron chi connectivity index (χ0n) is 11.1. The van der Waals surface area contributed by atoms with Crippen LogP contribution in [-0.4, -0.2) is 16.5 Å². The van der Waals surface area contributed by atoms with Gasteiger partial charge in [0, 0.05) is 29.3 Å². The van der Waals surface area contributed by atoms with Crippen molar-refractivity contribution in [1.82, 2.24) is 9.97 Å². The highest BCUT2D eigenvalue weighted by Gasteiger charge is 2.03. The number of anilines is 2. The highest BCUT2D eigenvalue weighted by atomic mass is 79.9. The molecule has 0 spiro atoms. The first-order valence-electron chi connectivity index (χ1n) is 6.25. The summed E-state index contributed by atoms with van der Waals surface area (Å²) in [6, 6.07) is 8.22. The van der Waals surface area contributed by atoms with Crippen LogP contribution in [0.5, 0.6) is 0 Å². The maximum atomic E-state index is 4.45. The molecule has 0 aliphatic heterocycles. The number of nitrogens with zero attached hydrogens (tertiary/aromatic N) is 2. The Morgan fingerprint density at radius 1 is 1.26 bits per heavy atom. The molecule has 0 atom stereocenters. The second-order valence-electron chi connectivity index (χ2n) is 4.24. The molecule has 2 N–H and O–H groups in total. The van der Waals surface area contributed by atoms with E-state index < -0.39 is 0 Å². The van der Waals surface area contributed by atoms with Gasteiger partial charge in [-0.3, -0.25) is 0 Å². The zero-order valence-corrected chi connectivity index (χ0v) is 12.7. The maximum Gasteiger partial charge on any atom is 0.224 e. The number of benzene rings is 1. The monoisotopic (exact) mass is 320 g/mol. The van der Waals surface area contributed by atoms with E-state index in [-0.39, 0.29) is 0 Å². The van der Waals surface area contributed by atoms with E-state index in [4.69, 9.17) is 0 Å². The van der Waals surface area contributed by atoms with Crippen LogP contribution in [0.1, 0.15) is 18.1 Å². The Morgan fingerprint density at radius 2 is 2.11 bits per heavy atom. The lowest BCUT2D eigenvalue weighted by atomic mass is 10.2. The second-order valence-corrected chi connectivity index (χ2v) is 5.15. The molecule has 2 rings (SSSR count). The van der Waals surface area contributed by atoms with Crippen LogP contribution >= 0.6 is 15.9 Å². The lowest BCUT2D eigenvalue weighted by Gasteiger charge is -2.10. The second kappa shape index (κ2) is 6.52. The largest absolute Gasteiger partial charge is 0.366 e. The lowest BCUT2D eigenvalue weighted by Crippen LogP contribution is -2.08. The average molecular weight is 321 g/mol. The molecule has 19 heavy (non-hydrogen) atoms. The highest BCUT2D eigenvalue weighted by Crippen LogP contribution is 2.16. The molecule has 100 valence electrons. The Kier molecular flexibility index (Phi) is 4.74. The van der Waals surface area contributed by atoms with Crippen LogP contribution in [0.15, 0.2) is 34.9 Å². The van der Waals surface area contributed by atoms with Gasteiger partial charge in [0.05, 0.1) is 0 Å². The maximum absolute atomic E-state index is 4.45. The van der Waals surface area contributed by atoms with Gasteiger partial charge in [-0.1, -0.05) is 28.1 Å². The van der Waals surface area contributed by atoms with E-state index in [1.165, 1.54) is 5.56 Å². The fourth-order valence-corrected chi connectivity index (χ4v) is 2.14. The van der Waals surface area contributed by atoms with Gasteiger partial charge in [-0.25, -0.2) is 4.98 Å². The van der Waals surface area contributed by atoms with E-state index in [1.807, 2.05) is 32.2 Å². The molecule has 0 saturated heterocycles. The third-order valence-corrected chi connectivity index (χ3v) is 3.15. The summed E-state index contributed by atoms with van der Waals surface area (Å²) in [6.07, 6.45) is 1.83. The minimum atomic E-state index is 0.657. The molecule has 0 radical (unpaired) electrons. The first kappa shape index (κ1) is 13.8. The average Bonchev–Trinajstić information content (AvgIpc) is 2.40. The van der Waals surface area contributed by atoms with Crippen LogP contribution in [-0.2, 0) is 6.54 Å². The van der Waals surface area contributed by atoms with Crippen LogP contribution in [0.4, 0.5) is 11.8 Å². The quantitative estimate of drug-likeness (QED) is 0.883. The third kappa shape index (κ3) is 3.92. The fraction of sp³-hybridized carbons (Fsp3) is 0.286. The van der Waals surface area contributed by atoms with E-state index in [0.717, 1.165) is 28.9 Å². The van der Waals surface area contributed by atoms with Gasteiger partial charge in [0.2, 0.25) is 5.95 Å². The van der Waals surface area contributed by atoms with Crippen molar-refractivity contribution in [2.45, 2.75) is 20.4 Å². The Morgan fingerprint density at radius 3 is 2.84 bits per heavy atom. The van der Waals surface area contributed by atoms with Gasteiger partial charge < -0.3 is 10.6 Å². The lowest BCUT2D eigenvalue weighted by molar-refractivity contribution is 1.03. The van der Waals surface area contributed by atoms with Gasteiger partial charge in [0.25, 0.3) is 0 Å². The van der Waals surface area contributed by atoms with Crippen molar-refractivity contribution >= 4 is 27.7 Å². The topological polar surface area (TPSA) is 49.8 Å². The predicted molar refractivity (Wildman–Crippen MR) is 82.4 cm³/mol. The molecule has 0 fully saturated rings. The number of hydrogen-bond acceptors (Lipinski definition) is 4. The van der Waals surface area contributed by atoms with E-state index in [1.54, 1.807) is 0 Å². The molecule has 0 aliphatic carbocycles. The molecule has 0 aliphatic rings. The van der Waals surface area contributed by atoms with Crippen molar-refractivity contribution < 1.29 is 0 Å². The van der Waals surface area contributed by atoms with Crippen LogP contribution in [0.25, 0.3) is 0 Å². The Bertz CT molecular complexity index is 557. The van der Waals surface area contributed by atoms with Crippen molar-refractivity contribution in [3.8, 4) is 0 Å². The van der Waals surface area contributed by atoms with Crippen LogP contribution < -0.4 is 10.6 Å². The van der Waals surface area contributed by atoms with E-state index >= 15 is 0 Å². The zero-order chi connectivity index (χ0) is 13.7. The first-order chi connectivity index (χ1) is 9.19. The predicted octanol–water partition coefficient (Wildman–Crippen LogP) is 3.59. The summed E-state index contributed by atoms with van der Waals surface area (Å²) in [5.74, 6) is 1.52. The minimum Gasteiger partial charge on any atom is -0.366 e. The summed E-state index contributed by atoms with van der Waals surface area (Å²) in [4.78, 5) is 8.68. The number of aryl methyl sites for hydroxylation is 1. The summed E-state index contributed by atoms with van der Waals surface area (Å²) in [5, 5.41) is 6.46. The molecule has 1 heterocycles. The van der Waals surface area contributed by atoms with Crippen LogP contribution in [0.3, 0.4) is 0 Å². The van der Waals surface area contributed by atoms with Gasteiger partial charge in [-0.2, -0.15) is 4.98 Å². The molecule has 5 heteroatoms. The van der Waals surface area contributed by atoms with Gasteiger partial charge in [0.15, 0.2) is 0 Å². The summed E-state index contributed by atoms with van der Waals surface area (Å²) in [7, 11) is 0. The summed E-state index contributed by atoms with van der Waals surface area (Å²) >= 11 is 3.47. The molecule has 4 nitrogen and oxygen atoms in total. The minimum absolute atomic E-state index is 0.657. The summed E-state index contributed by atoms with van der Waals surface area (Å²) < 4.78 is 1.08. The van der Waals surface area contributed by atoms with Crippen LogP contribution in [0.2, 0.25) is 0 Å². The summed E-state index contributed by atoms with van der Waals surface area (Å²) in [5.41, 5.74) is 2.24. The van der Waals surface area contributed by atoms with E-state index in [0.29, 0.717) is 5.95 Å². The standard InChI is InChI=1S/C14H17BrN4/c1-3-16-14-18-8-10(2)13(19-14)17-9-11-5-4-6-12(15)7-11/h4-8H,3,9H2,1-2H3,(H2,16,17,18,19). The Labute approximate surface area is 121 Å². The number of halogens is 1. The first-order valence-corrected chi connectivity index (χ1v) is 7.04. The van der Waals surface area contributed by atoms with Gasteiger partial charge in [0.1, 0.15) is 5.82 Å². The smallest absolute Gasteiger partial charge is 0.224 e. The Hall–Kier alpha value is -1.62. The van der Waals surface area contributed by atoms with Crippen molar-refractivity contribution in [3.63, 3.8) is 0 Å². The van der Waals surface area contributed by atoms with Crippen molar-refractivity contribution in [3.05, 3.63) is 46.1 Å². The fourth-order valence-electron chi connectivity index (χ4n) is 1.70. The molecule has 0 bridgehead atoms. The molecular formula is C14H17BrN4. The van der Waals surface area contributed by atoms with E-state index in [9.17, 15) is 0 Å². The van der Waals surface area contributed by atoms with Crippen molar-refractivity contribution in [2.75, 3.05) is 17.2 Å². The van der Waals surface area contributed by atoms with Crippen molar-refractivity contribution in [2.24, 2.45) is 0 Å². The molecule has 0 amide bonds. The Balaban J connectivity index is 2.08. The number of rotatable bonds is 5. The molecule has 0 unspecified atom stereocenters. The molecule has 1 aromatic heterocycles. The molecule has 1 aromatic carbocycles. The highest BCUT2D eigenvalue weighted by molar-refractivity contribution is 9.10. The summed E-state index contributed by atoms with van der Waals surface area (Å²) in [6.45, 7) is 5.58. The van der Waals surface area contributed by atoms with Crippen LogP contribution in [0, 0.1) is 6.92 Å². The third-order valence-electron chi connectivity index (χ3n) is 2.66. The number of nitrogens with one attached hydrogen (secondary N) is 2. The van der Waals surface area contributed by atoms with E-state index in [2.05, 4.69) is 48.7 Å². The van der Waals surface area contributed by atoms with Gasteiger partial charge >= 0.3 is 0 Å².